The Bertz CT molecular complexity index is 779. The molecule has 0 aliphatic carbocycles. The van der Waals surface area contributed by atoms with E-state index >= 15 is 0 Å². The van der Waals surface area contributed by atoms with Crippen LogP contribution < -0.4 is 0 Å². The zero-order chi connectivity index (χ0) is 27.2. The highest BCUT2D eigenvalue weighted by Gasteiger charge is 2.37. The molecule has 1 aromatic rings. The second-order valence-electron chi connectivity index (χ2n) is 13.2. The van der Waals surface area contributed by atoms with Crippen LogP contribution in [0.1, 0.15) is 98.7 Å². The maximum Gasteiger partial charge on any atom is 0.309 e. The lowest BCUT2D eigenvalue weighted by Crippen LogP contribution is -2.40. The smallest absolute Gasteiger partial charge is 0.309 e. The van der Waals surface area contributed by atoms with Gasteiger partial charge in [0.2, 0.25) is 0 Å². The van der Waals surface area contributed by atoms with Gasteiger partial charge in [0, 0.05) is 18.4 Å². The number of aromatic nitrogens is 1. The van der Waals surface area contributed by atoms with Crippen molar-refractivity contribution in [1.29, 1.82) is 0 Å². The zero-order valence-electron chi connectivity index (χ0n) is 24.8. The summed E-state index contributed by atoms with van der Waals surface area (Å²) in [5, 5.41) is 3.45. The number of esters is 1. The highest BCUT2D eigenvalue weighted by Crippen LogP contribution is 2.38. The van der Waals surface area contributed by atoms with Crippen molar-refractivity contribution in [3.63, 3.8) is 0 Å². The van der Waals surface area contributed by atoms with Gasteiger partial charge in [-0.25, -0.2) is 4.98 Å². The van der Waals surface area contributed by atoms with Crippen molar-refractivity contribution in [2.45, 2.75) is 118 Å². The van der Waals surface area contributed by atoms with Crippen LogP contribution in [0.5, 0.6) is 0 Å². The summed E-state index contributed by atoms with van der Waals surface area (Å²) in [5.74, 6) is 1.21. The quantitative estimate of drug-likeness (QED) is 0.192. The average molecular weight is 528 g/mol. The lowest BCUT2D eigenvalue weighted by molar-refractivity contribution is -0.161. The van der Waals surface area contributed by atoms with E-state index in [1.54, 1.807) is 18.4 Å². The minimum Gasteiger partial charge on any atom is -0.460 e. The molecule has 0 aliphatic rings. The number of nitrogens with zero attached hydrogens (tertiary/aromatic N) is 1. The molecule has 204 valence electrons. The molecule has 0 fully saturated rings. The van der Waals surface area contributed by atoms with E-state index in [2.05, 4.69) is 60.0 Å². The van der Waals surface area contributed by atoms with E-state index in [0.717, 1.165) is 23.5 Å². The van der Waals surface area contributed by atoms with Gasteiger partial charge in [0.25, 0.3) is 0 Å². The molecule has 0 saturated carbocycles. The van der Waals surface area contributed by atoms with Crippen molar-refractivity contribution in [3.05, 3.63) is 16.1 Å². The minimum atomic E-state index is -1.81. The second-order valence-corrected chi connectivity index (χ2v) is 18.9. The van der Waals surface area contributed by atoms with Crippen LogP contribution in [-0.2, 0) is 25.3 Å². The average Bonchev–Trinajstić information content (AvgIpc) is 3.17. The van der Waals surface area contributed by atoms with Crippen LogP contribution in [0.15, 0.2) is 5.38 Å². The predicted octanol–water partition coefficient (Wildman–Crippen LogP) is 8.06. The first kappa shape index (κ1) is 32.3. The van der Waals surface area contributed by atoms with Gasteiger partial charge in [-0.1, -0.05) is 48.5 Å². The SMILES string of the molecule is COCC(CC(CC(C)C(C)C(=O)OC(C)(C)C)C(C)C)c1nc(CO[Si](C)(C)C(C)(C)C)cs1. The summed E-state index contributed by atoms with van der Waals surface area (Å²) in [6.45, 7) is 27.1. The second kappa shape index (κ2) is 13.2. The van der Waals surface area contributed by atoms with Gasteiger partial charge in [0.15, 0.2) is 8.32 Å². The van der Waals surface area contributed by atoms with E-state index in [9.17, 15) is 4.79 Å². The number of methoxy groups -OCH3 is 1. The first-order chi connectivity index (χ1) is 15.9. The van der Waals surface area contributed by atoms with Crippen LogP contribution in [0.25, 0.3) is 0 Å². The Morgan fingerprint density at radius 1 is 1.06 bits per heavy atom. The molecule has 4 unspecified atom stereocenters. The molecule has 0 spiro atoms. The molecule has 0 aromatic carbocycles. The predicted molar refractivity (Wildman–Crippen MR) is 150 cm³/mol. The summed E-state index contributed by atoms with van der Waals surface area (Å²) in [6.07, 6.45) is 1.97. The van der Waals surface area contributed by atoms with Gasteiger partial charge < -0.3 is 13.9 Å². The fourth-order valence-electron chi connectivity index (χ4n) is 3.80. The number of carbonyl (C=O) groups excluding carboxylic acids is 1. The van der Waals surface area contributed by atoms with Crippen LogP contribution in [0, 0.1) is 23.7 Å². The first-order valence-corrected chi connectivity index (χ1v) is 17.0. The normalized spacial score (nSPS) is 16.7. The van der Waals surface area contributed by atoms with Gasteiger partial charge in [0.05, 0.1) is 29.8 Å². The molecular weight excluding hydrogens is 474 g/mol. The third kappa shape index (κ3) is 10.6. The van der Waals surface area contributed by atoms with E-state index < -0.39 is 13.9 Å². The lowest BCUT2D eigenvalue weighted by Gasteiger charge is -2.35. The highest BCUT2D eigenvalue weighted by molar-refractivity contribution is 7.09. The molecule has 1 aromatic heterocycles. The Balaban J connectivity index is 2.90. The summed E-state index contributed by atoms with van der Waals surface area (Å²) >= 11 is 1.72. The van der Waals surface area contributed by atoms with E-state index in [1.165, 1.54) is 0 Å². The Hall–Kier alpha value is -0.763. The molecule has 7 heteroatoms. The Morgan fingerprint density at radius 3 is 2.14 bits per heavy atom. The van der Waals surface area contributed by atoms with E-state index in [1.807, 2.05) is 27.7 Å². The summed E-state index contributed by atoms with van der Waals surface area (Å²) < 4.78 is 17.7. The third-order valence-electron chi connectivity index (χ3n) is 7.51. The molecule has 0 amide bonds. The number of hydrogen-bond acceptors (Lipinski definition) is 6. The molecule has 35 heavy (non-hydrogen) atoms. The van der Waals surface area contributed by atoms with Crippen molar-refractivity contribution in [2.24, 2.45) is 23.7 Å². The van der Waals surface area contributed by atoms with Gasteiger partial charge in [-0.2, -0.15) is 0 Å². The van der Waals surface area contributed by atoms with Crippen molar-refractivity contribution in [1.82, 2.24) is 4.98 Å². The van der Waals surface area contributed by atoms with Crippen molar-refractivity contribution in [3.8, 4) is 0 Å². The summed E-state index contributed by atoms with van der Waals surface area (Å²) in [4.78, 5) is 17.6. The van der Waals surface area contributed by atoms with Crippen LogP contribution in [-0.4, -0.2) is 38.6 Å². The van der Waals surface area contributed by atoms with Gasteiger partial charge in [-0.15, -0.1) is 11.3 Å². The minimum absolute atomic E-state index is 0.104. The molecule has 4 atom stereocenters. The largest absolute Gasteiger partial charge is 0.460 e. The zero-order valence-corrected chi connectivity index (χ0v) is 26.6. The number of ether oxygens (including phenoxy) is 2. The summed E-state index contributed by atoms with van der Waals surface area (Å²) in [5.41, 5.74) is 0.562. The molecule has 1 rings (SSSR count). The molecule has 5 nitrogen and oxygen atoms in total. The monoisotopic (exact) mass is 527 g/mol. The van der Waals surface area contributed by atoms with Crippen LogP contribution in [0.3, 0.4) is 0 Å². The maximum absolute atomic E-state index is 12.6. The number of rotatable bonds is 13. The molecule has 0 saturated heterocycles. The molecule has 0 radical (unpaired) electrons. The van der Waals surface area contributed by atoms with Crippen LogP contribution in [0.2, 0.25) is 18.1 Å². The molecule has 0 N–H and O–H groups in total. The fourth-order valence-corrected chi connectivity index (χ4v) is 5.65. The Kier molecular flexibility index (Phi) is 12.1. The topological polar surface area (TPSA) is 57.7 Å². The Labute approximate surface area is 220 Å². The third-order valence-corrected chi connectivity index (χ3v) is 13.0. The van der Waals surface area contributed by atoms with Gasteiger partial charge in [-0.3, -0.25) is 4.79 Å². The van der Waals surface area contributed by atoms with Crippen LogP contribution in [0.4, 0.5) is 0 Å². The molecule has 0 aliphatic heterocycles. The molecular formula is C28H53NO4SSi. The fraction of sp³-hybridized carbons (Fsp3) is 0.857. The van der Waals surface area contributed by atoms with Gasteiger partial charge >= 0.3 is 5.97 Å². The number of thiazole rings is 1. The van der Waals surface area contributed by atoms with E-state index in [4.69, 9.17) is 18.9 Å². The van der Waals surface area contributed by atoms with Crippen LogP contribution >= 0.6 is 11.3 Å². The maximum atomic E-state index is 12.6. The van der Waals surface area contributed by atoms with E-state index in [0.29, 0.717) is 25.0 Å². The number of carbonyl (C=O) groups is 1. The number of hydrogen-bond donors (Lipinski definition) is 0. The van der Waals surface area contributed by atoms with Crippen molar-refractivity contribution in [2.75, 3.05) is 13.7 Å². The molecule has 1 heterocycles. The summed E-state index contributed by atoms with van der Waals surface area (Å²) in [6, 6.07) is 0. The summed E-state index contributed by atoms with van der Waals surface area (Å²) in [7, 11) is -0.0499. The highest BCUT2D eigenvalue weighted by atomic mass is 32.1. The molecule has 0 bridgehead atoms. The van der Waals surface area contributed by atoms with Gasteiger partial charge in [0.1, 0.15) is 5.60 Å². The van der Waals surface area contributed by atoms with Crippen molar-refractivity contribution < 1.29 is 18.7 Å². The Morgan fingerprint density at radius 2 is 1.66 bits per heavy atom. The lowest BCUT2D eigenvalue weighted by atomic mass is 9.77. The standard InChI is InChI=1S/C28H53NO4SSi/c1-19(2)22(14-20(3)21(4)26(30)33-27(5,6)7)15-23(16-31-11)25-29-24(18-34-25)17-32-35(12,13)28(8,9)10/h18-23H,14-17H2,1-13H3. The first-order valence-electron chi connectivity index (χ1n) is 13.2. The van der Waals surface area contributed by atoms with Crippen molar-refractivity contribution >= 4 is 25.6 Å². The van der Waals surface area contributed by atoms with E-state index in [-0.39, 0.29) is 28.8 Å². The van der Waals surface area contributed by atoms with Gasteiger partial charge in [-0.05, 0) is 69.5 Å².